The molecule has 1 fully saturated rings. The first-order valence-electron chi connectivity index (χ1n) is 6.58. The number of nitrogens with one attached hydrogen (secondary N) is 1. The van der Waals surface area contributed by atoms with Crippen molar-refractivity contribution in [2.75, 3.05) is 6.61 Å². The van der Waals surface area contributed by atoms with E-state index >= 15 is 0 Å². The van der Waals surface area contributed by atoms with Crippen LogP contribution in [0.4, 0.5) is 0 Å². The molecule has 0 aliphatic heterocycles. The van der Waals surface area contributed by atoms with Crippen LogP contribution >= 0.6 is 27.3 Å². The highest BCUT2D eigenvalue weighted by Crippen LogP contribution is 2.44. The van der Waals surface area contributed by atoms with Crippen molar-refractivity contribution in [3.63, 3.8) is 0 Å². The fraction of sp³-hybridized carbons (Fsp3) is 0.714. The molecule has 4 heteroatoms. The van der Waals surface area contributed by atoms with Crippen LogP contribution < -0.4 is 5.32 Å². The van der Waals surface area contributed by atoms with Gasteiger partial charge < -0.3 is 10.1 Å². The Labute approximate surface area is 122 Å². The predicted molar refractivity (Wildman–Crippen MR) is 81.2 cm³/mol. The van der Waals surface area contributed by atoms with Crippen LogP contribution in [0.15, 0.2) is 15.9 Å². The fourth-order valence-electron chi connectivity index (χ4n) is 2.60. The predicted octanol–water partition coefficient (Wildman–Crippen LogP) is 4.36. The minimum absolute atomic E-state index is 0.235. The van der Waals surface area contributed by atoms with Crippen molar-refractivity contribution in [2.45, 2.75) is 52.3 Å². The molecule has 18 heavy (non-hydrogen) atoms. The molecule has 102 valence electrons. The van der Waals surface area contributed by atoms with E-state index in [1.807, 2.05) is 0 Å². The topological polar surface area (TPSA) is 21.3 Å². The first-order chi connectivity index (χ1) is 8.45. The largest absolute Gasteiger partial charge is 0.378 e. The van der Waals surface area contributed by atoms with Gasteiger partial charge in [0.1, 0.15) is 0 Å². The maximum absolute atomic E-state index is 5.77. The van der Waals surface area contributed by atoms with Crippen LogP contribution in [0, 0.1) is 5.41 Å². The summed E-state index contributed by atoms with van der Waals surface area (Å²) in [6, 6.07) is 5.27. The molecule has 1 N–H and O–H groups in total. The van der Waals surface area contributed by atoms with Gasteiger partial charge in [-0.15, -0.1) is 11.3 Å². The Balaban J connectivity index is 1.91. The number of halogens is 1. The summed E-state index contributed by atoms with van der Waals surface area (Å²) in [5.74, 6) is 0. The van der Waals surface area contributed by atoms with Gasteiger partial charge in [-0.05, 0) is 48.3 Å². The van der Waals surface area contributed by atoms with Gasteiger partial charge in [-0.3, -0.25) is 0 Å². The van der Waals surface area contributed by atoms with Gasteiger partial charge in [-0.2, -0.15) is 0 Å². The fourth-order valence-corrected chi connectivity index (χ4v) is 4.03. The van der Waals surface area contributed by atoms with Gasteiger partial charge in [0.05, 0.1) is 9.89 Å². The molecule has 2 rings (SSSR count). The number of hydrogen-bond acceptors (Lipinski definition) is 3. The number of rotatable bonds is 5. The molecular formula is C14H22BrNOS. The van der Waals surface area contributed by atoms with Crippen LogP contribution in [0.25, 0.3) is 0 Å². The molecule has 0 spiro atoms. The first kappa shape index (κ1) is 14.5. The normalized spacial score (nSPS) is 27.8. The van der Waals surface area contributed by atoms with Gasteiger partial charge in [0.25, 0.3) is 0 Å². The molecule has 0 radical (unpaired) electrons. The number of ether oxygens (including phenoxy) is 1. The van der Waals surface area contributed by atoms with Crippen LogP contribution in [0.3, 0.4) is 0 Å². The maximum atomic E-state index is 5.77. The molecule has 1 saturated carbocycles. The Hall–Kier alpha value is 0.1000. The van der Waals surface area contributed by atoms with E-state index in [-0.39, 0.29) is 5.41 Å². The smallest absolute Gasteiger partial charge is 0.0701 e. The summed E-state index contributed by atoms with van der Waals surface area (Å²) >= 11 is 5.33. The molecule has 3 atom stereocenters. The molecule has 3 unspecified atom stereocenters. The van der Waals surface area contributed by atoms with Crippen molar-refractivity contribution >= 4 is 27.3 Å². The molecule has 1 aromatic heterocycles. The lowest BCUT2D eigenvalue weighted by Gasteiger charge is -2.52. The van der Waals surface area contributed by atoms with E-state index < -0.39 is 0 Å². The van der Waals surface area contributed by atoms with Crippen LogP contribution in [-0.4, -0.2) is 18.8 Å². The summed E-state index contributed by atoms with van der Waals surface area (Å²) in [5, 5.41) is 3.73. The zero-order chi connectivity index (χ0) is 13.3. The third kappa shape index (κ3) is 2.82. The lowest BCUT2D eigenvalue weighted by Crippen LogP contribution is -2.61. The molecule has 1 aliphatic carbocycles. The molecule has 1 aliphatic rings. The van der Waals surface area contributed by atoms with Gasteiger partial charge in [-0.25, -0.2) is 0 Å². The van der Waals surface area contributed by atoms with Crippen molar-refractivity contribution in [1.29, 1.82) is 0 Å². The summed E-state index contributed by atoms with van der Waals surface area (Å²) in [6.07, 6.45) is 1.53. The van der Waals surface area contributed by atoms with Crippen LogP contribution in [-0.2, 0) is 4.74 Å². The van der Waals surface area contributed by atoms with E-state index in [9.17, 15) is 0 Å². The van der Waals surface area contributed by atoms with E-state index in [1.54, 1.807) is 11.3 Å². The Morgan fingerprint density at radius 3 is 2.78 bits per heavy atom. The van der Waals surface area contributed by atoms with Gasteiger partial charge in [0.2, 0.25) is 0 Å². The first-order valence-corrected chi connectivity index (χ1v) is 8.19. The third-order valence-electron chi connectivity index (χ3n) is 4.02. The lowest BCUT2D eigenvalue weighted by atomic mass is 9.64. The second-order valence-electron chi connectivity index (χ2n) is 5.58. The Morgan fingerprint density at radius 1 is 1.56 bits per heavy atom. The van der Waals surface area contributed by atoms with Gasteiger partial charge in [-0.1, -0.05) is 13.8 Å². The minimum Gasteiger partial charge on any atom is -0.378 e. The van der Waals surface area contributed by atoms with Crippen molar-refractivity contribution in [3.05, 3.63) is 20.8 Å². The zero-order valence-corrected chi connectivity index (χ0v) is 13.9. The van der Waals surface area contributed by atoms with E-state index in [2.05, 4.69) is 61.1 Å². The highest BCUT2D eigenvalue weighted by molar-refractivity contribution is 9.11. The maximum Gasteiger partial charge on any atom is 0.0701 e. The number of thiophene rings is 1. The Morgan fingerprint density at radius 2 is 2.28 bits per heavy atom. The molecule has 0 saturated heterocycles. The second kappa shape index (κ2) is 5.61. The average Bonchev–Trinajstić information content (AvgIpc) is 2.74. The minimum atomic E-state index is 0.235. The van der Waals surface area contributed by atoms with Gasteiger partial charge >= 0.3 is 0 Å². The quantitative estimate of drug-likeness (QED) is 0.865. The number of hydrogen-bond donors (Lipinski definition) is 1. The SMILES string of the molecule is CCOC1CC(NC(C)c2ccc(Br)s2)C1(C)C. The lowest BCUT2D eigenvalue weighted by molar-refractivity contribution is -0.116. The van der Waals surface area contributed by atoms with Crippen molar-refractivity contribution in [2.24, 2.45) is 5.41 Å². The van der Waals surface area contributed by atoms with Crippen LogP contribution in [0.1, 0.15) is 45.0 Å². The molecule has 1 aromatic rings. The summed E-state index contributed by atoms with van der Waals surface area (Å²) in [7, 11) is 0. The van der Waals surface area contributed by atoms with Crippen LogP contribution in [0.2, 0.25) is 0 Å². The molecule has 2 nitrogen and oxygen atoms in total. The van der Waals surface area contributed by atoms with E-state index in [1.165, 1.54) is 8.66 Å². The summed E-state index contributed by atoms with van der Waals surface area (Å²) in [5.41, 5.74) is 0.235. The summed E-state index contributed by atoms with van der Waals surface area (Å²) < 4.78 is 6.97. The monoisotopic (exact) mass is 331 g/mol. The van der Waals surface area contributed by atoms with E-state index in [0.29, 0.717) is 18.2 Å². The molecular weight excluding hydrogens is 310 g/mol. The van der Waals surface area contributed by atoms with E-state index in [4.69, 9.17) is 4.74 Å². The van der Waals surface area contributed by atoms with Crippen LogP contribution in [0.5, 0.6) is 0 Å². The molecule has 0 bridgehead atoms. The van der Waals surface area contributed by atoms with Crippen molar-refractivity contribution < 1.29 is 4.74 Å². The molecule has 1 heterocycles. The average molecular weight is 332 g/mol. The summed E-state index contributed by atoms with van der Waals surface area (Å²) in [4.78, 5) is 1.39. The third-order valence-corrected chi connectivity index (χ3v) is 5.82. The van der Waals surface area contributed by atoms with Gasteiger partial charge in [0, 0.05) is 29.0 Å². The van der Waals surface area contributed by atoms with Gasteiger partial charge in [0.15, 0.2) is 0 Å². The second-order valence-corrected chi connectivity index (χ2v) is 8.08. The molecule has 0 aromatic carbocycles. The summed E-state index contributed by atoms with van der Waals surface area (Å²) in [6.45, 7) is 9.72. The highest BCUT2D eigenvalue weighted by atomic mass is 79.9. The van der Waals surface area contributed by atoms with E-state index in [0.717, 1.165) is 13.0 Å². The van der Waals surface area contributed by atoms with Crippen molar-refractivity contribution in [1.82, 2.24) is 5.32 Å². The highest BCUT2D eigenvalue weighted by Gasteiger charge is 2.49. The molecule has 0 amide bonds. The van der Waals surface area contributed by atoms with Crippen molar-refractivity contribution in [3.8, 4) is 0 Å². The standard InChI is InChI=1S/C14H22BrNOS/c1-5-17-12-8-11(14(12,3)4)16-9(2)10-6-7-13(15)18-10/h6-7,9,11-12,16H,5,8H2,1-4H3. The zero-order valence-electron chi connectivity index (χ0n) is 11.5. The Kier molecular flexibility index (Phi) is 4.52. The Bertz CT molecular complexity index is 404.